The van der Waals surface area contributed by atoms with Crippen LogP contribution in [0.1, 0.15) is 5.56 Å². The SMILES string of the molecule is O=S(=O)(Nc1ccc(F)cc1)c1cncc(C#CCO)c1. The summed E-state index contributed by atoms with van der Waals surface area (Å²) in [6.07, 6.45) is 2.57. The Morgan fingerprint density at radius 2 is 1.95 bits per heavy atom. The number of benzene rings is 1. The van der Waals surface area contributed by atoms with Crippen molar-refractivity contribution in [1.82, 2.24) is 4.98 Å². The van der Waals surface area contributed by atoms with Crippen LogP contribution in [0.25, 0.3) is 0 Å². The van der Waals surface area contributed by atoms with Crippen molar-refractivity contribution >= 4 is 15.7 Å². The van der Waals surface area contributed by atoms with E-state index in [2.05, 4.69) is 21.5 Å². The molecule has 1 aromatic carbocycles. The fourth-order valence-electron chi connectivity index (χ4n) is 1.51. The number of nitrogens with one attached hydrogen (secondary N) is 1. The Hall–Kier alpha value is -2.43. The lowest BCUT2D eigenvalue weighted by Crippen LogP contribution is -2.13. The highest BCUT2D eigenvalue weighted by atomic mass is 32.2. The van der Waals surface area contributed by atoms with Crippen LogP contribution < -0.4 is 4.72 Å². The second-order valence-electron chi connectivity index (χ2n) is 3.98. The Balaban J connectivity index is 2.29. The quantitative estimate of drug-likeness (QED) is 0.839. The first kappa shape index (κ1) is 15.0. The van der Waals surface area contributed by atoms with Crippen molar-refractivity contribution in [2.45, 2.75) is 4.90 Å². The van der Waals surface area contributed by atoms with Crippen LogP contribution in [0.15, 0.2) is 47.6 Å². The van der Waals surface area contributed by atoms with Crippen LogP contribution in [0.2, 0.25) is 0 Å². The van der Waals surface area contributed by atoms with Gasteiger partial charge in [-0.05, 0) is 30.3 Å². The average molecular weight is 306 g/mol. The normalized spacial score (nSPS) is 10.6. The molecule has 0 bridgehead atoms. The number of rotatable bonds is 3. The van der Waals surface area contributed by atoms with Crippen LogP contribution in [0, 0.1) is 17.7 Å². The Labute approximate surface area is 121 Å². The second kappa shape index (κ2) is 6.35. The van der Waals surface area contributed by atoms with Gasteiger partial charge in [-0.1, -0.05) is 11.8 Å². The molecular weight excluding hydrogens is 295 g/mol. The van der Waals surface area contributed by atoms with Crippen LogP contribution in [0.4, 0.5) is 10.1 Å². The molecule has 0 saturated carbocycles. The molecule has 0 aliphatic rings. The van der Waals surface area contributed by atoms with E-state index in [1.54, 1.807) is 0 Å². The number of anilines is 1. The first-order valence-corrected chi connectivity index (χ1v) is 7.33. The number of hydrogen-bond donors (Lipinski definition) is 2. The molecule has 0 spiro atoms. The molecule has 0 atom stereocenters. The van der Waals surface area contributed by atoms with Crippen molar-refractivity contribution in [3.05, 3.63) is 54.1 Å². The van der Waals surface area contributed by atoms with Crippen LogP contribution in [0.5, 0.6) is 0 Å². The number of halogens is 1. The molecule has 0 unspecified atom stereocenters. The number of aromatic nitrogens is 1. The lowest BCUT2D eigenvalue weighted by atomic mass is 10.3. The van der Waals surface area contributed by atoms with E-state index in [1.807, 2.05) is 0 Å². The number of pyridine rings is 1. The highest BCUT2D eigenvalue weighted by molar-refractivity contribution is 7.92. The maximum atomic E-state index is 12.8. The van der Waals surface area contributed by atoms with E-state index in [4.69, 9.17) is 5.11 Å². The minimum Gasteiger partial charge on any atom is -0.384 e. The molecule has 2 aromatic rings. The molecule has 5 nitrogen and oxygen atoms in total. The number of aliphatic hydroxyl groups excluding tert-OH is 1. The van der Waals surface area contributed by atoms with Crippen LogP contribution in [0.3, 0.4) is 0 Å². The van der Waals surface area contributed by atoms with Crippen molar-refractivity contribution in [3.63, 3.8) is 0 Å². The smallest absolute Gasteiger partial charge is 0.263 e. The number of aliphatic hydroxyl groups is 1. The summed E-state index contributed by atoms with van der Waals surface area (Å²) in [6, 6.07) is 6.27. The van der Waals surface area contributed by atoms with E-state index in [1.165, 1.54) is 30.6 Å². The molecule has 21 heavy (non-hydrogen) atoms. The van der Waals surface area contributed by atoms with Crippen LogP contribution in [-0.4, -0.2) is 25.1 Å². The molecule has 2 rings (SSSR count). The molecule has 0 fully saturated rings. The summed E-state index contributed by atoms with van der Waals surface area (Å²) < 4.78 is 39.4. The van der Waals surface area contributed by atoms with Gasteiger partial charge >= 0.3 is 0 Å². The second-order valence-corrected chi connectivity index (χ2v) is 5.66. The van der Waals surface area contributed by atoms with Crippen molar-refractivity contribution in [1.29, 1.82) is 0 Å². The predicted molar refractivity (Wildman–Crippen MR) is 75.4 cm³/mol. The average Bonchev–Trinajstić information content (AvgIpc) is 2.48. The van der Waals surface area contributed by atoms with Gasteiger partial charge in [0, 0.05) is 23.6 Å². The standard InChI is InChI=1S/C14H11FN2O3S/c15-12-3-5-13(6-4-12)17-21(19,20)14-8-11(2-1-7-18)9-16-10-14/h3-6,8-10,17-18H,7H2. The third kappa shape index (κ3) is 4.02. The number of hydrogen-bond acceptors (Lipinski definition) is 4. The van der Waals surface area contributed by atoms with Crippen molar-refractivity contribution in [3.8, 4) is 11.8 Å². The molecule has 0 amide bonds. The zero-order valence-corrected chi connectivity index (χ0v) is 11.6. The number of nitrogens with zero attached hydrogens (tertiary/aromatic N) is 1. The Kier molecular flexibility index (Phi) is 4.52. The molecule has 7 heteroatoms. The van der Waals surface area contributed by atoms with Gasteiger partial charge in [0.25, 0.3) is 10.0 Å². The van der Waals surface area contributed by atoms with Gasteiger partial charge in [-0.25, -0.2) is 12.8 Å². The summed E-state index contributed by atoms with van der Waals surface area (Å²) in [6.45, 7) is -0.329. The molecule has 108 valence electrons. The molecule has 2 N–H and O–H groups in total. The van der Waals surface area contributed by atoms with Crippen molar-refractivity contribution in [2.24, 2.45) is 0 Å². The van der Waals surface area contributed by atoms with E-state index in [0.717, 1.165) is 12.1 Å². The minimum atomic E-state index is -3.84. The van der Waals surface area contributed by atoms with Gasteiger partial charge in [-0.3, -0.25) is 9.71 Å². The van der Waals surface area contributed by atoms with Gasteiger partial charge in [-0.15, -0.1) is 0 Å². The topological polar surface area (TPSA) is 79.3 Å². The molecule has 1 heterocycles. The van der Waals surface area contributed by atoms with E-state index < -0.39 is 15.8 Å². The van der Waals surface area contributed by atoms with E-state index >= 15 is 0 Å². The largest absolute Gasteiger partial charge is 0.384 e. The van der Waals surface area contributed by atoms with E-state index in [-0.39, 0.29) is 17.2 Å². The zero-order chi connectivity index (χ0) is 15.3. The summed E-state index contributed by atoms with van der Waals surface area (Å²) in [7, 11) is -3.84. The zero-order valence-electron chi connectivity index (χ0n) is 10.7. The fourth-order valence-corrected chi connectivity index (χ4v) is 2.55. The highest BCUT2D eigenvalue weighted by Gasteiger charge is 2.15. The summed E-state index contributed by atoms with van der Waals surface area (Å²) >= 11 is 0. The summed E-state index contributed by atoms with van der Waals surface area (Å²) in [5.41, 5.74) is 0.606. The lowest BCUT2D eigenvalue weighted by molar-refractivity contribution is 0.350. The Morgan fingerprint density at radius 1 is 1.24 bits per heavy atom. The third-order valence-electron chi connectivity index (χ3n) is 2.43. The van der Waals surface area contributed by atoms with Gasteiger partial charge in [0.1, 0.15) is 17.3 Å². The first-order valence-electron chi connectivity index (χ1n) is 5.84. The van der Waals surface area contributed by atoms with Crippen LogP contribution in [-0.2, 0) is 10.0 Å². The van der Waals surface area contributed by atoms with E-state index in [0.29, 0.717) is 5.56 Å². The first-order chi connectivity index (χ1) is 10.0. The highest BCUT2D eigenvalue weighted by Crippen LogP contribution is 2.16. The Morgan fingerprint density at radius 3 is 2.62 bits per heavy atom. The van der Waals surface area contributed by atoms with Gasteiger partial charge in [0.15, 0.2) is 0 Å². The van der Waals surface area contributed by atoms with Gasteiger partial charge < -0.3 is 5.11 Å². The summed E-state index contributed by atoms with van der Waals surface area (Å²) in [5.74, 6) is 4.52. The monoisotopic (exact) mass is 306 g/mol. The predicted octanol–water partition coefficient (Wildman–Crippen LogP) is 1.37. The minimum absolute atomic E-state index is 0.0726. The fraction of sp³-hybridized carbons (Fsp3) is 0.0714. The van der Waals surface area contributed by atoms with Gasteiger partial charge in [0.05, 0.1) is 0 Å². The molecule has 1 aromatic heterocycles. The maximum absolute atomic E-state index is 12.8. The molecule has 0 radical (unpaired) electrons. The van der Waals surface area contributed by atoms with E-state index in [9.17, 15) is 12.8 Å². The summed E-state index contributed by atoms with van der Waals surface area (Å²) in [5, 5.41) is 8.62. The van der Waals surface area contributed by atoms with Crippen molar-refractivity contribution < 1.29 is 17.9 Å². The lowest BCUT2D eigenvalue weighted by Gasteiger charge is -2.07. The molecule has 0 saturated heterocycles. The van der Waals surface area contributed by atoms with Crippen molar-refractivity contribution in [2.75, 3.05) is 11.3 Å². The molecular formula is C14H11FN2O3S. The van der Waals surface area contributed by atoms with Gasteiger partial charge in [0.2, 0.25) is 0 Å². The molecule has 0 aliphatic heterocycles. The number of sulfonamides is 1. The van der Waals surface area contributed by atoms with Gasteiger partial charge in [-0.2, -0.15) is 0 Å². The van der Waals surface area contributed by atoms with Crippen LogP contribution >= 0.6 is 0 Å². The Bertz CT molecular complexity index is 793. The maximum Gasteiger partial charge on any atom is 0.263 e. The summed E-state index contributed by atoms with van der Waals surface area (Å²) in [4.78, 5) is 3.72. The third-order valence-corrected chi connectivity index (χ3v) is 3.78. The molecule has 0 aliphatic carbocycles.